The van der Waals surface area contributed by atoms with E-state index in [0.29, 0.717) is 23.8 Å². The highest BCUT2D eigenvalue weighted by atomic mass is 32.2. The van der Waals surface area contributed by atoms with Gasteiger partial charge in [-0.1, -0.05) is 0 Å². The summed E-state index contributed by atoms with van der Waals surface area (Å²) in [4.78, 5) is 25.4. The van der Waals surface area contributed by atoms with Crippen LogP contribution >= 0.6 is 11.8 Å². The van der Waals surface area contributed by atoms with Crippen molar-refractivity contribution in [1.29, 1.82) is 0 Å². The molecule has 6 heteroatoms. The molecule has 1 fully saturated rings. The number of carbonyl (C=O) groups is 2. The lowest BCUT2D eigenvalue weighted by Gasteiger charge is -2.15. The Morgan fingerprint density at radius 1 is 1.35 bits per heavy atom. The molecule has 20 heavy (non-hydrogen) atoms. The van der Waals surface area contributed by atoms with Crippen molar-refractivity contribution in [3.8, 4) is 5.75 Å². The summed E-state index contributed by atoms with van der Waals surface area (Å²) in [6.45, 7) is 2.47. The smallest absolute Gasteiger partial charge is 0.247 e. The molecule has 2 rings (SSSR count). The normalized spacial score (nSPS) is 18.7. The summed E-state index contributed by atoms with van der Waals surface area (Å²) >= 11 is 1.32. The summed E-state index contributed by atoms with van der Waals surface area (Å²) in [7, 11) is 0. The number of nitrogens with zero attached hydrogens (tertiary/aromatic N) is 1. The van der Waals surface area contributed by atoms with Crippen molar-refractivity contribution < 1.29 is 19.4 Å². The van der Waals surface area contributed by atoms with Crippen LogP contribution in [0.2, 0.25) is 0 Å². The molecule has 1 N–H and O–H groups in total. The molecule has 0 aliphatic carbocycles. The number of anilines is 1. The lowest BCUT2D eigenvalue weighted by molar-refractivity contribution is -0.121. The van der Waals surface area contributed by atoms with Crippen LogP contribution in [0, 0.1) is 0 Å². The number of amides is 2. The first kappa shape index (κ1) is 14.9. The van der Waals surface area contributed by atoms with E-state index in [1.165, 1.54) is 16.7 Å². The number of ether oxygens (including phenoxy) is 1. The molecular weight excluding hydrogens is 278 g/mol. The summed E-state index contributed by atoms with van der Waals surface area (Å²) in [5.74, 6) is 0.759. The van der Waals surface area contributed by atoms with E-state index in [9.17, 15) is 9.59 Å². The van der Waals surface area contributed by atoms with Crippen LogP contribution in [-0.2, 0) is 9.59 Å². The van der Waals surface area contributed by atoms with Crippen LogP contribution in [0.1, 0.15) is 13.3 Å². The Kier molecular flexibility index (Phi) is 5.03. The van der Waals surface area contributed by atoms with Gasteiger partial charge >= 0.3 is 0 Å². The van der Waals surface area contributed by atoms with Crippen molar-refractivity contribution in [3.63, 3.8) is 0 Å². The molecule has 1 atom stereocenters. The van der Waals surface area contributed by atoms with E-state index in [1.54, 1.807) is 24.3 Å². The molecule has 1 heterocycles. The largest absolute Gasteiger partial charge is 0.494 e. The first-order valence-corrected chi connectivity index (χ1v) is 7.54. The Balaban J connectivity index is 2.11. The van der Waals surface area contributed by atoms with Crippen LogP contribution in [0.5, 0.6) is 5.75 Å². The zero-order valence-corrected chi connectivity index (χ0v) is 12.1. The Morgan fingerprint density at radius 3 is 2.65 bits per heavy atom. The van der Waals surface area contributed by atoms with Crippen LogP contribution in [0.25, 0.3) is 0 Å². The second-order valence-electron chi connectivity index (χ2n) is 4.28. The number of hydrogen-bond donors (Lipinski definition) is 1. The van der Waals surface area contributed by atoms with Gasteiger partial charge in [-0.2, -0.15) is 0 Å². The summed E-state index contributed by atoms with van der Waals surface area (Å²) < 4.78 is 5.33. The third-order valence-corrected chi connectivity index (χ3v) is 4.11. The number of hydrogen-bond acceptors (Lipinski definition) is 5. The van der Waals surface area contributed by atoms with E-state index >= 15 is 0 Å². The van der Waals surface area contributed by atoms with E-state index in [2.05, 4.69) is 0 Å². The topological polar surface area (TPSA) is 66.8 Å². The molecule has 1 saturated heterocycles. The molecule has 108 valence electrons. The Bertz CT molecular complexity index is 488. The van der Waals surface area contributed by atoms with Crippen LogP contribution in [0.4, 0.5) is 5.69 Å². The predicted octanol–water partition coefficient (Wildman–Crippen LogP) is 1.44. The number of aliphatic hydroxyl groups excluding tert-OH is 1. The van der Waals surface area contributed by atoms with E-state index in [-0.39, 0.29) is 30.1 Å². The molecule has 0 saturated carbocycles. The number of carbonyl (C=O) groups excluding carboxylic acids is 2. The maximum atomic E-state index is 12.2. The Morgan fingerprint density at radius 2 is 2.05 bits per heavy atom. The predicted molar refractivity (Wildman–Crippen MR) is 78.1 cm³/mol. The van der Waals surface area contributed by atoms with Gasteiger partial charge < -0.3 is 9.84 Å². The molecule has 1 aliphatic rings. The molecule has 1 aliphatic heterocycles. The van der Waals surface area contributed by atoms with Gasteiger partial charge in [0.15, 0.2) is 0 Å². The van der Waals surface area contributed by atoms with Gasteiger partial charge in [-0.3, -0.25) is 9.59 Å². The molecule has 0 bridgehead atoms. The molecule has 2 amide bonds. The quantitative estimate of drug-likeness (QED) is 0.804. The van der Waals surface area contributed by atoms with Gasteiger partial charge in [-0.25, -0.2) is 4.90 Å². The minimum Gasteiger partial charge on any atom is -0.494 e. The summed E-state index contributed by atoms with van der Waals surface area (Å²) in [6.07, 6.45) is 0.191. The fourth-order valence-corrected chi connectivity index (χ4v) is 2.96. The fourth-order valence-electron chi connectivity index (χ4n) is 2.06. The minimum atomic E-state index is -0.388. The average Bonchev–Trinajstić information content (AvgIpc) is 2.73. The van der Waals surface area contributed by atoms with Crippen LogP contribution in [0.15, 0.2) is 24.3 Å². The van der Waals surface area contributed by atoms with Crippen molar-refractivity contribution in [2.45, 2.75) is 18.6 Å². The van der Waals surface area contributed by atoms with E-state index < -0.39 is 0 Å². The zero-order valence-electron chi connectivity index (χ0n) is 11.2. The second kappa shape index (κ2) is 6.76. The maximum Gasteiger partial charge on any atom is 0.247 e. The van der Waals surface area contributed by atoms with Gasteiger partial charge in [0.1, 0.15) is 5.75 Å². The molecule has 0 aromatic heterocycles. The van der Waals surface area contributed by atoms with Crippen molar-refractivity contribution in [3.05, 3.63) is 24.3 Å². The molecule has 1 aromatic carbocycles. The third-order valence-electron chi connectivity index (χ3n) is 2.92. The number of aliphatic hydroxyl groups is 1. The summed E-state index contributed by atoms with van der Waals surface area (Å²) in [5.41, 5.74) is 0.565. The van der Waals surface area contributed by atoms with Crippen molar-refractivity contribution in [1.82, 2.24) is 0 Å². The standard InChI is InChI=1S/C14H17NO4S/c1-2-19-11-5-3-10(4-6-11)15-13(17)9-12(14(15)18)20-8-7-16/h3-6,12,16H,2,7-9H2,1H3/t12-/m1/s1. The van der Waals surface area contributed by atoms with Gasteiger partial charge in [-0.05, 0) is 31.2 Å². The zero-order chi connectivity index (χ0) is 14.5. The maximum absolute atomic E-state index is 12.2. The van der Waals surface area contributed by atoms with E-state index in [4.69, 9.17) is 9.84 Å². The van der Waals surface area contributed by atoms with Crippen LogP contribution in [-0.4, -0.2) is 41.1 Å². The molecular formula is C14H17NO4S. The summed E-state index contributed by atoms with van der Waals surface area (Å²) in [6, 6.07) is 6.90. The van der Waals surface area contributed by atoms with Crippen molar-refractivity contribution in [2.24, 2.45) is 0 Å². The summed E-state index contributed by atoms with van der Waals surface area (Å²) in [5, 5.41) is 8.41. The second-order valence-corrected chi connectivity index (χ2v) is 5.59. The highest BCUT2D eigenvalue weighted by Gasteiger charge is 2.39. The highest BCUT2D eigenvalue weighted by molar-refractivity contribution is 8.00. The number of thioether (sulfide) groups is 1. The SMILES string of the molecule is CCOc1ccc(N2C(=O)C[C@@H](SCCO)C2=O)cc1. The number of rotatable bonds is 6. The monoisotopic (exact) mass is 295 g/mol. The number of imide groups is 1. The lowest BCUT2D eigenvalue weighted by Crippen LogP contribution is -2.31. The molecule has 0 unspecified atom stereocenters. The molecule has 1 aromatic rings. The fraction of sp³-hybridized carbons (Fsp3) is 0.429. The first-order valence-electron chi connectivity index (χ1n) is 6.49. The third kappa shape index (κ3) is 3.13. The van der Waals surface area contributed by atoms with Gasteiger partial charge in [0.05, 0.1) is 24.2 Å². The number of benzene rings is 1. The van der Waals surface area contributed by atoms with Crippen LogP contribution in [0.3, 0.4) is 0 Å². The first-order chi connectivity index (χ1) is 9.67. The van der Waals surface area contributed by atoms with Crippen LogP contribution < -0.4 is 9.64 Å². The van der Waals surface area contributed by atoms with Gasteiger partial charge in [0.25, 0.3) is 0 Å². The van der Waals surface area contributed by atoms with Gasteiger partial charge in [0, 0.05) is 12.2 Å². The molecule has 0 radical (unpaired) electrons. The molecule has 0 spiro atoms. The van der Waals surface area contributed by atoms with Crippen molar-refractivity contribution in [2.75, 3.05) is 23.9 Å². The lowest BCUT2D eigenvalue weighted by atomic mass is 10.3. The van der Waals surface area contributed by atoms with Gasteiger partial charge in [0.2, 0.25) is 11.8 Å². The minimum absolute atomic E-state index is 0.00565. The van der Waals surface area contributed by atoms with Crippen molar-refractivity contribution >= 4 is 29.3 Å². The van der Waals surface area contributed by atoms with E-state index in [0.717, 1.165) is 0 Å². The van der Waals surface area contributed by atoms with Gasteiger partial charge in [-0.15, -0.1) is 11.8 Å². The Hall–Kier alpha value is -1.53. The Labute approximate surface area is 121 Å². The molecule has 5 nitrogen and oxygen atoms in total. The average molecular weight is 295 g/mol. The highest BCUT2D eigenvalue weighted by Crippen LogP contribution is 2.30. The van der Waals surface area contributed by atoms with E-state index in [1.807, 2.05) is 6.92 Å².